The zero-order valence-corrected chi connectivity index (χ0v) is 14.4. The highest BCUT2D eigenvalue weighted by Crippen LogP contribution is 2.22. The van der Waals surface area contributed by atoms with Gasteiger partial charge in [0.2, 0.25) is 5.95 Å². The Hall–Kier alpha value is -3.72. The lowest BCUT2D eigenvalue weighted by atomic mass is 10.1. The Morgan fingerprint density at radius 2 is 1.65 bits per heavy atom. The molecule has 0 saturated heterocycles. The smallest absolute Gasteiger partial charge is 0.258 e. The fraction of sp³-hybridized carbons (Fsp3) is 0.100. The molecule has 2 aromatic carbocycles. The zero-order valence-electron chi connectivity index (χ0n) is 14.4. The summed E-state index contributed by atoms with van der Waals surface area (Å²) in [7, 11) is 0. The molecule has 1 heterocycles. The van der Waals surface area contributed by atoms with E-state index in [1.54, 1.807) is 24.3 Å². The summed E-state index contributed by atoms with van der Waals surface area (Å²) in [6.07, 6.45) is 2.90. The molecule has 2 N–H and O–H groups in total. The van der Waals surface area contributed by atoms with Crippen LogP contribution in [0.1, 0.15) is 27.0 Å². The third kappa shape index (κ3) is 3.68. The molecule has 0 aliphatic carbocycles. The molecule has 6 nitrogen and oxygen atoms in total. The number of carbonyl (C=O) groups is 1. The highest BCUT2D eigenvalue weighted by atomic mass is 16.1. The van der Waals surface area contributed by atoms with Crippen LogP contribution in [0.25, 0.3) is 0 Å². The number of hydrogen-bond donors (Lipinski definition) is 2. The average molecular weight is 343 g/mol. The van der Waals surface area contributed by atoms with E-state index < -0.39 is 0 Å². The third-order valence-corrected chi connectivity index (χ3v) is 3.93. The van der Waals surface area contributed by atoms with Crippen molar-refractivity contribution in [2.75, 3.05) is 10.6 Å². The van der Waals surface area contributed by atoms with Crippen LogP contribution >= 0.6 is 0 Å². The SMILES string of the molecule is Cc1cccc(C)c1Nc1ncc(C(=O)Nc2ccccc2C#N)cn1. The first-order chi connectivity index (χ1) is 12.6. The van der Waals surface area contributed by atoms with E-state index in [2.05, 4.69) is 20.6 Å². The molecule has 3 rings (SSSR count). The maximum Gasteiger partial charge on any atom is 0.258 e. The lowest BCUT2D eigenvalue weighted by Crippen LogP contribution is -2.14. The van der Waals surface area contributed by atoms with Gasteiger partial charge in [-0.15, -0.1) is 0 Å². The zero-order chi connectivity index (χ0) is 18.5. The number of nitrogens with one attached hydrogen (secondary N) is 2. The predicted octanol–water partition coefficient (Wildman–Crippen LogP) is 3.96. The number of rotatable bonds is 4. The van der Waals surface area contributed by atoms with Crippen molar-refractivity contribution in [3.8, 4) is 6.07 Å². The van der Waals surface area contributed by atoms with Gasteiger partial charge in [0.05, 0.1) is 16.8 Å². The van der Waals surface area contributed by atoms with Crippen LogP contribution in [0.15, 0.2) is 54.9 Å². The van der Waals surface area contributed by atoms with Crippen LogP contribution in [0.5, 0.6) is 0 Å². The van der Waals surface area contributed by atoms with Crippen LogP contribution in [0.3, 0.4) is 0 Å². The minimum absolute atomic E-state index is 0.310. The van der Waals surface area contributed by atoms with Crippen LogP contribution in [-0.2, 0) is 0 Å². The number of anilines is 3. The number of carbonyl (C=O) groups excluding carboxylic acids is 1. The van der Waals surface area contributed by atoms with Gasteiger partial charge in [-0.05, 0) is 37.1 Å². The highest BCUT2D eigenvalue weighted by Gasteiger charge is 2.11. The second-order valence-electron chi connectivity index (χ2n) is 5.80. The molecule has 3 aromatic rings. The number of benzene rings is 2. The van der Waals surface area contributed by atoms with Gasteiger partial charge in [-0.1, -0.05) is 30.3 Å². The molecule has 0 aliphatic rings. The lowest BCUT2D eigenvalue weighted by molar-refractivity contribution is 0.102. The van der Waals surface area contributed by atoms with Crippen molar-refractivity contribution < 1.29 is 4.79 Å². The van der Waals surface area contributed by atoms with E-state index >= 15 is 0 Å². The normalized spacial score (nSPS) is 10.0. The second-order valence-corrected chi connectivity index (χ2v) is 5.80. The first-order valence-corrected chi connectivity index (χ1v) is 8.04. The summed E-state index contributed by atoms with van der Waals surface area (Å²) in [4.78, 5) is 20.8. The van der Waals surface area contributed by atoms with Crippen molar-refractivity contribution in [3.05, 3.63) is 77.1 Å². The molecule has 0 saturated carbocycles. The molecule has 1 aromatic heterocycles. The quantitative estimate of drug-likeness (QED) is 0.748. The average Bonchev–Trinajstić information content (AvgIpc) is 2.66. The Labute approximate surface area is 151 Å². The number of nitriles is 1. The van der Waals surface area contributed by atoms with Gasteiger partial charge in [-0.2, -0.15) is 5.26 Å². The van der Waals surface area contributed by atoms with E-state index in [4.69, 9.17) is 5.26 Å². The van der Waals surface area contributed by atoms with Crippen LogP contribution in [0.2, 0.25) is 0 Å². The molecule has 0 bridgehead atoms. The van der Waals surface area contributed by atoms with E-state index in [9.17, 15) is 4.79 Å². The first-order valence-electron chi connectivity index (χ1n) is 8.04. The van der Waals surface area contributed by atoms with Gasteiger partial charge >= 0.3 is 0 Å². The van der Waals surface area contributed by atoms with Crippen molar-refractivity contribution in [1.82, 2.24) is 9.97 Å². The topological polar surface area (TPSA) is 90.7 Å². The second kappa shape index (κ2) is 7.45. The standard InChI is InChI=1S/C20H17N5O/c1-13-6-5-7-14(2)18(13)25-20-22-11-16(12-23-20)19(26)24-17-9-4-3-8-15(17)10-21/h3-9,11-12H,1-2H3,(H,24,26)(H,22,23,25). The number of amides is 1. The van der Waals surface area contributed by atoms with Gasteiger partial charge < -0.3 is 10.6 Å². The van der Waals surface area contributed by atoms with Crippen molar-refractivity contribution in [2.24, 2.45) is 0 Å². The number of nitrogens with zero attached hydrogens (tertiary/aromatic N) is 3. The summed E-state index contributed by atoms with van der Waals surface area (Å²) in [6, 6.07) is 14.9. The third-order valence-electron chi connectivity index (χ3n) is 3.93. The van der Waals surface area contributed by atoms with Crippen molar-refractivity contribution in [2.45, 2.75) is 13.8 Å². The van der Waals surface area contributed by atoms with Crippen LogP contribution in [0.4, 0.5) is 17.3 Å². The van der Waals surface area contributed by atoms with E-state index in [1.807, 2.05) is 38.1 Å². The summed E-state index contributed by atoms with van der Waals surface area (Å²) in [5.74, 6) is 0.0442. The van der Waals surface area contributed by atoms with Gasteiger partial charge in [0, 0.05) is 18.1 Å². The molecular formula is C20H17N5O. The van der Waals surface area contributed by atoms with Crippen LogP contribution in [0, 0.1) is 25.2 Å². The van der Waals surface area contributed by atoms with Crippen LogP contribution in [-0.4, -0.2) is 15.9 Å². The molecule has 0 aliphatic heterocycles. The van der Waals surface area contributed by atoms with E-state index in [-0.39, 0.29) is 5.91 Å². The van der Waals surface area contributed by atoms with Gasteiger partial charge in [-0.25, -0.2) is 9.97 Å². The number of para-hydroxylation sites is 2. The summed E-state index contributed by atoms with van der Waals surface area (Å²) in [5, 5.41) is 15.0. The minimum Gasteiger partial charge on any atom is -0.324 e. The first kappa shape index (κ1) is 17.1. The van der Waals surface area contributed by atoms with Crippen molar-refractivity contribution in [1.29, 1.82) is 5.26 Å². The van der Waals surface area contributed by atoms with Crippen molar-refractivity contribution >= 4 is 23.2 Å². The number of aryl methyl sites for hydroxylation is 2. The fourth-order valence-corrected chi connectivity index (χ4v) is 2.52. The van der Waals surface area contributed by atoms with Gasteiger partial charge in [-0.3, -0.25) is 4.79 Å². The molecule has 0 radical (unpaired) electrons. The number of aromatic nitrogens is 2. The Balaban J connectivity index is 1.75. The van der Waals surface area contributed by atoms with Crippen molar-refractivity contribution in [3.63, 3.8) is 0 Å². The summed E-state index contributed by atoms with van der Waals surface area (Å²) < 4.78 is 0. The largest absolute Gasteiger partial charge is 0.324 e. The Morgan fingerprint density at radius 1 is 1.00 bits per heavy atom. The van der Waals surface area contributed by atoms with Gasteiger partial charge in [0.25, 0.3) is 5.91 Å². The molecule has 128 valence electrons. The summed E-state index contributed by atoms with van der Waals surface area (Å²) in [5.41, 5.74) is 4.29. The van der Waals surface area contributed by atoms with Gasteiger partial charge in [0.1, 0.15) is 6.07 Å². The molecule has 0 unspecified atom stereocenters. The molecule has 0 spiro atoms. The summed E-state index contributed by atoms with van der Waals surface area (Å²) >= 11 is 0. The van der Waals surface area contributed by atoms with E-state index in [0.717, 1.165) is 16.8 Å². The lowest BCUT2D eigenvalue weighted by Gasteiger charge is -2.11. The van der Waals surface area contributed by atoms with E-state index in [0.29, 0.717) is 22.8 Å². The molecular weight excluding hydrogens is 326 g/mol. The molecule has 0 atom stereocenters. The van der Waals surface area contributed by atoms with Gasteiger partial charge in [0.15, 0.2) is 0 Å². The molecule has 6 heteroatoms. The monoisotopic (exact) mass is 343 g/mol. The molecule has 1 amide bonds. The minimum atomic E-state index is -0.369. The maximum atomic E-state index is 12.3. The van der Waals surface area contributed by atoms with E-state index in [1.165, 1.54) is 12.4 Å². The Morgan fingerprint density at radius 3 is 2.31 bits per heavy atom. The molecule has 0 fully saturated rings. The maximum absolute atomic E-state index is 12.3. The summed E-state index contributed by atoms with van der Waals surface area (Å²) in [6.45, 7) is 4.01. The molecule has 26 heavy (non-hydrogen) atoms. The fourth-order valence-electron chi connectivity index (χ4n) is 2.52. The Bertz CT molecular complexity index is 970. The number of hydrogen-bond acceptors (Lipinski definition) is 5. The predicted molar refractivity (Wildman–Crippen MR) is 100 cm³/mol. The Kier molecular flexibility index (Phi) is 4.90. The van der Waals surface area contributed by atoms with Crippen LogP contribution < -0.4 is 10.6 Å². The highest BCUT2D eigenvalue weighted by molar-refractivity contribution is 6.04.